The van der Waals surface area contributed by atoms with Gasteiger partial charge in [-0.2, -0.15) is 0 Å². The van der Waals surface area contributed by atoms with Crippen molar-refractivity contribution in [3.8, 4) is 10.4 Å². The number of thiophene rings is 1. The van der Waals surface area contributed by atoms with Gasteiger partial charge in [-0.05, 0) is 50.2 Å². The molecule has 0 radical (unpaired) electrons. The normalized spacial score (nSPS) is 16.6. The molecule has 2 heterocycles. The summed E-state index contributed by atoms with van der Waals surface area (Å²) >= 11 is 1.51. The number of carbonyl (C=O) groups is 1. The van der Waals surface area contributed by atoms with Gasteiger partial charge in [0.1, 0.15) is 11.4 Å². The van der Waals surface area contributed by atoms with Gasteiger partial charge in [0.25, 0.3) is 5.56 Å². The minimum absolute atomic E-state index is 0.00223. The Balaban J connectivity index is 1.44. The molecule has 2 aliphatic rings. The lowest BCUT2D eigenvalue weighted by molar-refractivity contribution is -0.130. The zero-order chi connectivity index (χ0) is 19.8. The highest BCUT2D eigenvalue weighted by molar-refractivity contribution is 7.21. The molecule has 6 heteroatoms. The Kier molecular flexibility index (Phi) is 4.79. The van der Waals surface area contributed by atoms with Gasteiger partial charge in [0.2, 0.25) is 5.91 Å². The van der Waals surface area contributed by atoms with E-state index in [4.69, 9.17) is 0 Å². The van der Waals surface area contributed by atoms with Crippen LogP contribution in [-0.2, 0) is 11.3 Å². The Morgan fingerprint density at radius 1 is 1.21 bits per heavy atom. The Morgan fingerprint density at radius 3 is 2.76 bits per heavy atom. The van der Waals surface area contributed by atoms with Crippen molar-refractivity contribution in [3.63, 3.8) is 0 Å². The van der Waals surface area contributed by atoms with Gasteiger partial charge < -0.3 is 4.90 Å². The van der Waals surface area contributed by atoms with Crippen LogP contribution in [0.1, 0.15) is 38.5 Å². The Hall–Kier alpha value is -2.73. The van der Waals surface area contributed by atoms with Crippen LogP contribution in [0.15, 0.2) is 59.3 Å². The molecular weight excluding hydrogens is 382 g/mol. The van der Waals surface area contributed by atoms with E-state index in [2.05, 4.69) is 11.1 Å². The second-order valence-corrected chi connectivity index (χ2v) is 8.84. The molecule has 0 bridgehead atoms. The fourth-order valence-electron chi connectivity index (χ4n) is 4.01. The largest absolute Gasteiger partial charge is 0.312 e. The van der Waals surface area contributed by atoms with E-state index in [1.165, 1.54) is 28.7 Å². The Morgan fingerprint density at radius 2 is 2.03 bits per heavy atom. The lowest BCUT2D eigenvalue weighted by atomic mass is 10.0. The molecule has 0 atom stereocenters. The summed E-state index contributed by atoms with van der Waals surface area (Å²) in [6, 6.07) is 12.2. The van der Waals surface area contributed by atoms with Crippen LogP contribution in [0.2, 0.25) is 0 Å². The summed E-state index contributed by atoms with van der Waals surface area (Å²) in [5, 5.41) is 0.582. The number of hydrogen-bond acceptors (Lipinski definition) is 4. The van der Waals surface area contributed by atoms with Crippen molar-refractivity contribution < 1.29 is 4.79 Å². The molecule has 1 saturated carbocycles. The first-order valence-corrected chi connectivity index (χ1v) is 11.1. The quantitative estimate of drug-likeness (QED) is 0.625. The average molecular weight is 406 g/mol. The maximum absolute atomic E-state index is 13.1. The number of hydrogen-bond donors (Lipinski definition) is 0. The van der Waals surface area contributed by atoms with Gasteiger partial charge in [-0.15, -0.1) is 11.3 Å². The molecule has 2 aromatic heterocycles. The van der Waals surface area contributed by atoms with E-state index in [0.29, 0.717) is 16.3 Å². The SMILES string of the molecule is O=C(Cn1cnc2sc(-c3ccccc3)cc2c1=O)N(C1=CCCCC1)C1CC1. The van der Waals surface area contributed by atoms with E-state index in [-0.39, 0.29) is 18.0 Å². The molecule has 0 unspecified atom stereocenters. The van der Waals surface area contributed by atoms with Gasteiger partial charge in [0.05, 0.1) is 11.7 Å². The monoisotopic (exact) mass is 405 g/mol. The fourth-order valence-corrected chi connectivity index (χ4v) is 5.01. The van der Waals surface area contributed by atoms with Crippen molar-refractivity contribution >= 4 is 27.5 Å². The van der Waals surface area contributed by atoms with E-state index in [9.17, 15) is 9.59 Å². The van der Waals surface area contributed by atoms with E-state index in [1.54, 1.807) is 0 Å². The van der Waals surface area contributed by atoms with Crippen LogP contribution < -0.4 is 5.56 Å². The molecule has 0 saturated heterocycles. The second-order valence-electron chi connectivity index (χ2n) is 7.81. The highest BCUT2D eigenvalue weighted by Crippen LogP contribution is 2.34. The van der Waals surface area contributed by atoms with Crippen LogP contribution in [0.5, 0.6) is 0 Å². The molecule has 1 aromatic carbocycles. The van der Waals surface area contributed by atoms with Crippen molar-refractivity contribution in [3.05, 3.63) is 64.9 Å². The van der Waals surface area contributed by atoms with Crippen molar-refractivity contribution in [1.29, 1.82) is 0 Å². The van der Waals surface area contributed by atoms with Gasteiger partial charge in [0, 0.05) is 16.6 Å². The van der Waals surface area contributed by atoms with Gasteiger partial charge in [0.15, 0.2) is 0 Å². The molecule has 29 heavy (non-hydrogen) atoms. The average Bonchev–Trinajstić information content (AvgIpc) is 3.48. The molecule has 1 fully saturated rings. The molecular formula is C23H23N3O2S. The maximum atomic E-state index is 13.1. The van der Waals surface area contributed by atoms with Gasteiger partial charge >= 0.3 is 0 Å². The zero-order valence-corrected chi connectivity index (χ0v) is 17.0. The molecule has 0 N–H and O–H groups in total. The smallest absolute Gasteiger partial charge is 0.262 e. The summed E-state index contributed by atoms with van der Waals surface area (Å²) < 4.78 is 1.46. The van der Waals surface area contributed by atoms with Crippen molar-refractivity contribution in [2.75, 3.05) is 0 Å². The van der Waals surface area contributed by atoms with Crippen LogP contribution in [-0.4, -0.2) is 26.4 Å². The highest BCUT2D eigenvalue weighted by Gasteiger charge is 2.35. The number of nitrogens with zero attached hydrogens (tertiary/aromatic N) is 3. The molecule has 148 valence electrons. The second kappa shape index (κ2) is 7.59. The molecule has 2 aliphatic carbocycles. The third kappa shape index (κ3) is 3.65. The standard InChI is InChI=1S/C23H23N3O2S/c27-21(26(18-11-12-18)17-9-5-2-6-10-17)14-25-15-24-22-19(23(25)28)13-20(29-22)16-7-3-1-4-8-16/h1,3-4,7-9,13,15,18H,2,5-6,10-12,14H2. The number of aromatic nitrogens is 2. The van der Waals surface area contributed by atoms with Gasteiger partial charge in [-0.1, -0.05) is 36.4 Å². The molecule has 5 rings (SSSR count). The molecule has 0 aliphatic heterocycles. The molecule has 3 aromatic rings. The van der Waals surface area contributed by atoms with Crippen molar-refractivity contribution in [1.82, 2.24) is 14.5 Å². The summed E-state index contributed by atoms with van der Waals surface area (Å²) in [7, 11) is 0. The summed E-state index contributed by atoms with van der Waals surface area (Å²) in [6.07, 6.45) is 10.2. The van der Waals surface area contributed by atoms with Crippen LogP contribution in [0.4, 0.5) is 0 Å². The fraction of sp³-hybridized carbons (Fsp3) is 0.348. The van der Waals surface area contributed by atoms with E-state index >= 15 is 0 Å². The van der Waals surface area contributed by atoms with E-state index in [0.717, 1.165) is 48.2 Å². The Labute approximate surface area is 173 Å². The highest BCUT2D eigenvalue weighted by atomic mass is 32.1. The summed E-state index contributed by atoms with van der Waals surface area (Å²) in [5.74, 6) is 0.00223. The number of amides is 1. The van der Waals surface area contributed by atoms with Crippen LogP contribution in [0.25, 0.3) is 20.7 Å². The lowest BCUT2D eigenvalue weighted by Gasteiger charge is -2.28. The third-order valence-electron chi connectivity index (χ3n) is 5.64. The van der Waals surface area contributed by atoms with Crippen molar-refractivity contribution in [2.45, 2.75) is 51.1 Å². The predicted molar refractivity (Wildman–Crippen MR) is 116 cm³/mol. The summed E-state index contributed by atoms with van der Waals surface area (Å²) in [5.41, 5.74) is 2.07. The van der Waals surface area contributed by atoms with Crippen LogP contribution >= 0.6 is 11.3 Å². The first-order valence-electron chi connectivity index (χ1n) is 10.3. The number of carbonyl (C=O) groups excluding carboxylic acids is 1. The number of fused-ring (bicyclic) bond motifs is 1. The number of allylic oxidation sites excluding steroid dienone is 2. The predicted octanol–water partition coefficient (Wildman–Crippen LogP) is 4.57. The first kappa shape index (κ1) is 18.3. The van der Waals surface area contributed by atoms with E-state index < -0.39 is 0 Å². The minimum atomic E-state index is -0.143. The minimum Gasteiger partial charge on any atom is -0.312 e. The topological polar surface area (TPSA) is 55.2 Å². The van der Waals surface area contributed by atoms with Crippen LogP contribution in [0.3, 0.4) is 0 Å². The molecule has 5 nitrogen and oxygen atoms in total. The van der Waals surface area contributed by atoms with Gasteiger partial charge in [-0.3, -0.25) is 14.2 Å². The van der Waals surface area contributed by atoms with Crippen molar-refractivity contribution in [2.24, 2.45) is 0 Å². The maximum Gasteiger partial charge on any atom is 0.262 e. The summed E-state index contributed by atoms with van der Waals surface area (Å²) in [4.78, 5) is 34.3. The summed E-state index contributed by atoms with van der Waals surface area (Å²) in [6.45, 7) is 0.0477. The third-order valence-corrected chi connectivity index (χ3v) is 6.73. The Bertz CT molecular complexity index is 1140. The number of benzene rings is 1. The lowest BCUT2D eigenvalue weighted by Crippen LogP contribution is -2.37. The molecule has 1 amide bonds. The van der Waals surface area contributed by atoms with E-state index in [1.807, 2.05) is 41.3 Å². The molecule has 0 spiro atoms. The number of rotatable bonds is 5. The first-order chi connectivity index (χ1) is 14.2. The zero-order valence-electron chi connectivity index (χ0n) is 16.2. The van der Waals surface area contributed by atoms with Gasteiger partial charge in [-0.25, -0.2) is 4.98 Å². The van der Waals surface area contributed by atoms with Crippen LogP contribution in [0, 0.1) is 0 Å².